The zero-order valence-corrected chi connectivity index (χ0v) is 12.7. The van der Waals surface area contributed by atoms with Crippen molar-refractivity contribution >= 4 is 17.5 Å². The molecule has 24 heavy (non-hydrogen) atoms. The molecule has 6 nitrogen and oxygen atoms in total. The van der Waals surface area contributed by atoms with Gasteiger partial charge in [0.1, 0.15) is 11.6 Å². The molecule has 0 aliphatic carbocycles. The van der Waals surface area contributed by atoms with E-state index < -0.39 is 11.7 Å². The highest BCUT2D eigenvalue weighted by atomic mass is 19.1. The highest BCUT2D eigenvalue weighted by Crippen LogP contribution is 2.11. The Morgan fingerprint density at radius 1 is 1.08 bits per heavy atom. The third-order valence-electron chi connectivity index (χ3n) is 2.96. The van der Waals surface area contributed by atoms with E-state index in [2.05, 4.69) is 22.7 Å². The molecular weight excluding hydrogens is 313 g/mol. The monoisotopic (exact) mass is 329 g/mol. The summed E-state index contributed by atoms with van der Waals surface area (Å²) in [7, 11) is 0. The van der Waals surface area contributed by atoms with Crippen molar-refractivity contribution in [2.24, 2.45) is 0 Å². The first-order valence-electron chi connectivity index (χ1n) is 7.02. The van der Waals surface area contributed by atoms with Gasteiger partial charge in [-0.3, -0.25) is 15.0 Å². The molecule has 2 amide bonds. The quantitative estimate of drug-likeness (QED) is 0.612. The molecule has 2 rings (SSSR count). The minimum absolute atomic E-state index is 0.0276. The molecule has 0 fully saturated rings. The fourth-order valence-corrected chi connectivity index (χ4v) is 1.84. The lowest BCUT2D eigenvalue weighted by Crippen LogP contribution is -2.37. The maximum atomic E-state index is 12.8. The Bertz CT molecular complexity index is 760. The Labute approximate surface area is 138 Å². The molecule has 0 unspecified atom stereocenters. The van der Waals surface area contributed by atoms with Gasteiger partial charge in [0.05, 0.1) is 6.42 Å². The molecule has 0 spiro atoms. The van der Waals surface area contributed by atoms with Gasteiger partial charge >= 0.3 is 0 Å². The summed E-state index contributed by atoms with van der Waals surface area (Å²) in [5.74, 6) is -1.27. The van der Waals surface area contributed by atoms with Crippen molar-refractivity contribution in [2.45, 2.75) is 6.42 Å². The molecule has 0 saturated heterocycles. The van der Waals surface area contributed by atoms with Crippen molar-refractivity contribution in [2.75, 3.05) is 5.32 Å². The number of nitrogens with one attached hydrogen (secondary N) is 3. The van der Waals surface area contributed by atoms with E-state index in [0.29, 0.717) is 5.69 Å². The number of rotatable bonds is 6. The van der Waals surface area contributed by atoms with Gasteiger partial charge in [0, 0.05) is 16.9 Å². The van der Waals surface area contributed by atoms with Crippen LogP contribution in [0.1, 0.15) is 16.8 Å². The van der Waals surface area contributed by atoms with Gasteiger partial charge in [0.25, 0.3) is 5.91 Å². The molecule has 0 heterocycles. The highest BCUT2D eigenvalue weighted by molar-refractivity contribution is 5.94. The molecule has 0 atom stereocenters. The van der Waals surface area contributed by atoms with Crippen molar-refractivity contribution in [3.63, 3.8) is 0 Å². The minimum Gasteiger partial charge on any atom is -0.508 e. The topological polar surface area (TPSA) is 90.5 Å². The minimum atomic E-state index is -0.481. The summed E-state index contributed by atoms with van der Waals surface area (Å²) in [4.78, 5) is 23.7. The number of anilines is 1. The van der Waals surface area contributed by atoms with E-state index in [9.17, 15) is 19.1 Å². The number of benzene rings is 2. The third kappa shape index (κ3) is 5.13. The van der Waals surface area contributed by atoms with Crippen LogP contribution in [0, 0.1) is 5.82 Å². The van der Waals surface area contributed by atoms with Crippen LogP contribution in [0.2, 0.25) is 0 Å². The van der Waals surface area contributed by atoms with Crippen LogP contribution in [0.5, 0.6) is 5.75 Å². The van der Waals surface area contributed by atoms with Crippen LogP contribution >= 0.6 is 0 Å². The Morgan fingerprint density at radius 3 is 2.46 bits per heavy atom. The standard InChI is InChI=1S/C17H16FN3O3/c1-11(9-16(23)19-14-7-5-13(18)6-8-14)20-21-17(24)12-3-2-4-15(22)10-12/h2-8,10,20,22H,1,9H2,(H,19,23)(H,21,24). The lowest BCUT2D eigenvalue weighted by molar-refractivity contribution is -0.115. The van der Waals surface area contributed by atoms with Gasteiger partial charge in [-0.15, -0.1) is 0 Å². The second-order valence-corrected chi connectivity index (χ2v) is 4.96. The van der Waals surface area contributed by atoms with Gasteiger partial charge in [0.2, 0.25) is 5.91 Å². The zero-order valence-electron chi connectivity index (χ0n) is 12.7. The number of phenols is 1. The fourth-order valence-electron chi connectivity index (χ4n) is 1.84. The van der Waals surface area contributed by atoms with Crippen molar-refractivity contribution in [3.8, 4) is 5.75 Å². The Balaban J connectivity index is 1.79. The summed E-state index contributed by atoms with van der Waals surface area (Å²) in [5, 5.41) is 11.9. The van der Waals surface area contributed by atoms with E-state index in [1.165, 1.54) is 48.5 Å². The van der Waals surface area contributed by atoms with Crippen LogP contribution in [-0.2, 0) is 4.79 Å². The van der Waals surface area contributed by atoms with Crippen molar-refractivity contribution < 1.29 is 19.1 Å². The molecule has 0 aliphatic heterocycles. The maximum Gasteiger partial charge on any atom is 0.269 e. The van der Waals surface area contributed by atoms with E-state index in [1.807, 2.05) is 0 Å². The van der Waals surface area contributed by atoms with Crippen LogP contribution in [0.25, 0.3) is 0 Å². The molecule has 124 valence electrons. The molecular formula is C17H16FN3O3. The molecule has 4 N–H and O–H groups in total. The number of carbonyl (C=O) groups excluding carboxylic acids is 2. The number of phenolic OH excluding ortho intramolecular Hbond substituents is 1. The first-order chi connectivity index (χ1) is 11.4. The molecule has 2 aromatic rings. The normalized spacial score (nSPS) is 9.88. The van der Waals surface area contributed by atoms with E-state index >= 15 is 0 Å². The van der Waals surface area contributed by atoms with Gasteiger partial charge in [-0.2, -0.15) is 0 Å². The average molecular weight is 329 g/mol. The van der Waals surface area contributed by atoms with Crippen LogP contribution in [-0.4, -0.2) is 16.9 Å². The Morgan fingerprint density at radius 2 is 1.79 bits per heavy atom. The number of aromatic hydroxyl groups is 1. The van der Waals surface area contributed by atoms with Gasteiger partial charge in [-0.25, -0.2) is 4.39 Å². The summed E-state index contributed by atoms with van der Waals surface area (Å²) in [6, 6.07) is 11.2. The maximum absolute atomic E-state index is 12.8. The summed E-state index contributed by atoms with van der Waals surface area (Å²) in [6.07, 6.45) is -0.0856. The van der Waals surface area contributed by atoms with Crippen LogP contribution in [0.3, 0.4) is 0 Å². The molecule has 0 saturated carbocycles. The SMILES string of the molecule is C=C(CC(=O)Nc1ccc(F)cc1)NNC(=O)c1cccc(O)c1. The van der Waals surface area contributed by atoms with E-state index in [0.717, 1.165) is 0 Å². The largest absolute Gasteiger partial charge is 0.508 e. The summed E-state index contributed by atoms with van der Waals surface area (Å²) in [6.45, 7) is 3.64. The molecule has 7 heteroatoms. The molecule has 0 aromatic heterocycles. The van der Waals surface area contributed by atoms with E-state index in [4.69, 9.17) is 0 Å². The molecule has 0 bridgehead atoms. The lowest BCUT2D eigenvalue weighted by Gasteiger charge is -2.11. The fraction of sp³-hybridized carbons (Fsp3) is 0.0588. The Hall–Kier alpha value is -3.35. The number of hydrogen-bond donors (Lipinski definition) is 4. The van der Waals surface area contributed by atoms with Crippen LogP contribution in [0.4, 0.5) is 10.1 Å². The Kier molecular flexibility index (Phi) is 5.51. The lowest BCUT2D eigenvalue weighted by atomic mass is 10.2. The van der Waals surface area contributed by atoms with E-state index in [-0.39, 0.29) is 29.3 Å². The number of hydrazine groups is 1. The number of hydrogen-bond acceptors (Lipinski definition) is 4. The second kappa shape index (κ2) is 7.77. The predicted molar refractivity (Wildman–Crippen MR) is 87.5 cm³/mol. The molecule has 2 aromatic carbocycles. The summed E-state index contributed by atoms with van der Waals surface area (Å²) < 4.78 is 12.8. The first kappa shape index (κ1) is 17.0. The predicted octanol–water partition coefficient (Wildman–Crippen LogP) is 2.31. The highest BCUT2D eigenvalue weighted by Gasteiger charge is 2.08. The van der Waals surface area contributed by atoms with Crippen LogP contribution in [0.15, 0.2) is 60.8 Å². The number of amides is 2. The van der Waals surface area contributed by atoms with Crippen LogP contribution < -0.4 is 16.2 Å². The van der Waals surface area contributed by atoms with Gasteiger partial charge in [-0.1, -0.05) is 12.6 Å². The smallest absolute Gasteiger partial charge is 0.269 e. The number of carbonyl (C=O) groups is 2. The average Bonchev–Trinajstić information content (AvgIpc) is 2.54. The third-order valence-corrected chi connectivity index (χ3v) is 2.96. The van der Waals surface area contributed by atoms with Gasteiger partial charge in [-0.05, 0) is 42.5 Å². The molecule has 0 radical (unpaired) electrons. The molecule has 0 aliphatic rings. The van der Waals surface area contributed by atoms with E-state index in [1.54, 1.807) is 0 Å². The van der Waals surface area contributed by atoms with Gasteiger partial charge in [0.15, 0.2) is 0 Å². The first-order valence-corrected chi connectivity index (χ1v) is 7.02. The summed E-state index contributed by atoms with van der Waals surface area (Å²) in [5.41, 5.74) is 5.88. The second-order valence-electron chi connectivity index (χ2n) is 4.96. The summed E-state index contributed by atoms with van der Waals surface area (Å²) >= 11 is 0. The number of halogens is 1. The van der Waals surface area contributed by atoms with Crippen molar-refractivity contribution in [3.05, 3.63) is 72.2 Å². The zero-order chi connectivity index (χ0) is 17.5. The van der Waals surface area contributed by atoms with Crippen molar-refractivity contribution in [1.82, 2.24) is 10.9 Å². The van der Waals surface area contributed by atoms with Gasteiger partial charge < -0.3 is 15.8 Å². The van der Waals surface area contributed by atoms with Crippen molar-refractivity contribution in [1.29, 1.82) is 0 Å².